The minimum absolute atomic E-state index is 0.190. The fourth-order valence-electron chi connectivity index (χ4n) is 7.10. The Morgan fingerprint density at radius 1 is 0.544 bits per heavy atom. The van der Waals surface area contributed by atoms with Gasteiger partial charge in [-0.05, 0) is 44.9 Å². The van der Waals surface area contributed by atoms with Gasteiger partial charge in [0.05, 0.1) is 13.2 Å². The van der Waals surface area contributed by atoms with Crippen LogP contribution in [0.1, 0.15) is 206 Å². The number of aliphatic hydroxyl groups is 4. The number of esters is 2. The van der Waals surface area contributed by atoms with E-state index in [4.69, 9.17) is 18.9 Å². The van der Waals surface area contributed by atoms with E-state index >= 15 is 0 Å². The van der Waals surface area contributed by atoms with Gasteiger partial charge in [0.15, 0.2) is 12.4 Å². The van der Waals surface area contributed by atoms with Crippen molar-refractivity contribution in [2.45, 2.75) is 243 Å². The van der Waals surface area contributed by atoms with Crippen LogP contribution in [0, 0.1) is 0 Å². The Morgan fingerprint density at radius 2 is 0.982 bits per heavy atom. The van der Waals surface area contributed by atoms with E-state index in [2.05, 4.69) is 38.2 Å². The van der Waals surface area contributed by atoms with E-state index in [1.807, 2.05) is 0 Å². The molecule has 334 valence electrons. The van der Waals surface area contributed by atoms with Gasteiger partial charge in [0.1, 0.15) is 31.0 Å². The summed E-state index contributed by atoms with van der Waals surface area (Å²) in [5.74, 6) is -0.836. The molecule has 0 amide bonds. The van der Waals surface area contributed by atoms with Crippen LogP contribution in [0.3, 0.4) is 0 Å². The molecule has 0 aromatic rings. The van der Waals surface area contributed by atoms with Gasteiger partial charge in [-0.2, -0.15) is 0 Å². The number of hydrogen-bond acceptors (Lipinski definition) is 10. The highest BCUT2D eigenvalue weighted by atomic mass is 16.7. The Morgan fingerprint density at radius 3 is 1.49 bits per heavy atom. The van der Waals surface area contributed by atoms with E-state index in [-0.39, 0.29) is 32.0 Å². The quantitative estimate of drug-likeness (QED) is 0.0268. The fourth-order valence-corrected chi connectivity index (χ4v) is 7.10. The lowest BCUT2D eigenvalue weighted by Gasteiger charge is -2.39. The molecule has 2 unspecified atom stereocenters. The van der Waals surface area contributed by atoms with E-state index in [9.17, 15) is 30.0 Å². The molecule has 0 bridgehead atoms. The molecule has 1 aliphatic rings. The zero-order valence-corrected chi connectivity index (χ0v) is 36.3. The predicted molar refractivity (Wildman–Crippen MR) is 229 cm³/mol. The number of allylic oxidation sites excluding steroid dienone is 4. The lowest BCUT2D eigenvalue weighted by atomic mass is 9.99. The number of carbonyl (C=O) groups excluding carboxylic acids is 2. The molecule has 0 spiro atoms. The van der Waals surface area contributed by atoms with Crippen LogP contribution in [0.25, 0.3) is 0 Å². The first-order valence-electron chi connectivity index (χ1n) is 23.4. The summed E-state index contributed by atoms with van der Waals surface area (Å²) < 4.78 is 22.1. The maximum Gasteiger partial charge on any atom is 0.306 e. The second kappa shape index (κ2) is 38.4. The highest BCUT2D eigenvalue weighted by molar-refractivity contribution is 5.70. The molecule has 0 aromatic heterocycles. The number of unbranched alkanes of at least 4 members (excludes halogenated alkanes) is 24. The van der Waals surface area contributed by atoms with Crippen LogP contribution < -0.4 is 0 Å². The Balaban J connectivity index is 2.32. The molecule has 0 saturated carbocycles. The van der Waals surface area contributed by atoms with Crippen molar-refractivity contribution in [3.05, 3.63) is 24.3 Å². The summed E-state index contributed by atoms with van der Waals surface area (Å²) in [6, 6.07) is 0. The number of rotatable bonds is 39. The van der Waals surface area contributed by atoms with Gasteiger partial charge in [-0.15, -0.1) is 0 Å². The second-order valence-electron chi connectivity index (χ2n) is 16.2. The first-order chi connectivity index (χ1) is 27.8. The van der Waals surface area contributed by atoms with Gasteiger partial charge in [0.25, 0.3) is 0 Å². The highest BCUT2D eigenvalue weighted by Gasteiger charge is 2.44. The smallest absolute Gasteiger partial charge is 0.306 e. The Labute approximate surface area is 347 Å². The second-order valence-corrected chi connectivity index (χ2v) is 16.2. The SMILES string of the molecule is CCCCCCCC/C=C/C/C=C/CCCCC(=O)O[C@@H](COC(=O)CCCCCCCCCCCCCCCCCCC)CO[C@H]1O[C@@H](CO)[C@@H](O)C(O)C1O. The molecular formula is C47H86O10. The standard InChI is InChI=1S/C47H86O10/c1-3-5-7-9-11-13-15-17-19-20-22-23-25-27-29-31-33-35-42(49)54-38-40(39-55-47-46(53)45(52)44(51)41(37-48)57-47)56-43(50)36-34-32-30-28-26-24-21-18-16-14-12-10-8-6-4-2/h18,21,26,28,40-41,44-48,51-53H,3-17,19-20,22-25,27,29-39H2,1-2H3/b21-18+,28-26+/t40-,41-,44+,45?,46?,47-/m0/s1. The van der Waals surface area contributed by atoms with E-state index in [1.165, 1.54) is 128 Å². The molecule has 10 heteroatoms. The van der Waals surface area contributed by atoms with Gasteiger partial charge in [-0.25, -0.2) is 0 Å². The van der Waals surface area contributed by atoms with Crippen LogP contribution in [0.2, 0.25) is 0 Å². The number of hydrogen-bond donors (Lipinski definition) is 4. The average Bonchev–Trinajstić information content (AvgIpc) is 3.21. The van der Waals surface area contributed by atoms with Crippen molar-refractivity contribution in [3.8, 4) is 0 Å². The van der Waals surface area contributed by atoms with Gasteiger partial charge in [-0.3, -0.25) is 9.59 Å². The average molecular weight is 811 g/mol. The van der Waals surface area contributed by atoms with Crippen molar-refractivity contribution in [1.29, 1.82) is 0 Å². The van der Waals surface area contributed by atoms with Gasteiger partial charge in [0, 0.05) is 12.8 Å². The Kier molecular flexibility index (Phi) is 35.8. The van der Waals surface area contributed by atoms with Crippen LogP contribution in [-0.4, -0.2) is 89.0 Å². The molecule has 10 nitrogen and oxygen atoms in total. The van der Waals surface area contributed by atoms with E-state index in [0.717, 1.165) is 44.9 Å². The molecular weight excluding hydrogens is 725 g/mol. The van der Waals surface area contributed by atoms with Crippen LogP contribution in [-0.2, 0) is 28.5 Å². The minimum atomic E-state index is -1.60. The molecule has 1 saturated heterocycles. The largest absolute Gasteiger partial charge is 0.462 e. The molecule has 1 rings (SSSR count). The van der Waals surface area contributed by atoms with E-state index in [0.29, 0.717) is 6.42 Å². The number of carbonyl (C=O) groups is 2. The fraction of sp³-hybridized carbons (Fsp3) is 0.872. The van der Waals surface area contributed by atoms with Crippen molar-refractivity contribution in [2.75, 3.05) is 19.8 Å². The molecule has 57 heavy (non-hydrogen) atoms. The summed E-state index contributed by atoms with van der Waals surface area (Å²) in [5, 5.41) is 40.1. The predicted octanol–water partition coefficient (Wildman–Crippen LogP) is 10.1. The van der Waals surface area contributed by atoms with Crippen LogP contribution in [0.4, 0.5) is 0 Å². The summed E-state index contributed by atoms with van der Waals surface area (Å²) in [6.45, 7) is 3.40. The van der Waals surface area contributed by atoms with Gasteiger partial charge in [-0.1, -0.05) is 173 Å². The Bertz CT molecular complexity index is 985. The topological polar surface area (TPSA) is 152 Å². The van der Waals surface area contributed by atoms with Crippen LogP contribution in [0.15, 0.2) is 24.3 Å². The van der Waals surface area contributed by atoms with Gasteiger partial charge < -0.3 is 39.4 Å². The van der Waals surface area contributed by atoms with Crippen LogP contribution >= 0.6 is 0 Å². The Hall–Kier alpha value is -1.82. The lowest BCUT2D eigenvalue weighted by molar-refractivity contribution is -0.305. The molecule has 1 fully saturated rings. The summed E-state index contributed by atoms with van der Waals surface area (Å²) in [7, 11) is 0. The summed E-state index contributed by atoms with van der Waals surface area (Å²) in [4.78, 5) is 25.3. The zero-order valence-electron chi connectivity index (χ0n) is 36.3. The van der Waals surface area contributed by atoms with Crippen molar-refractivity contribution in [1.82, 2.24) is 0 Å². The molecule has 1 aliphatic heterocycles. The molecule has 0 aromatic carbocycles. The highest BCUT2D eigenvalue weighted by Crippen LogP contribution is 2.23. The molecule has 1 heterocycles. The minimum Gasteiger partial charge on any atom is -0.462 e. The zero-order chi connectivity index (χ0) is 41.6. The van der Waals surface area contributed by atoms with Crippen molar-refractivity contribution in [2.24, 2.45) is 0 Å². The molecule has 4 N–H and O–H groups in total. The molecule has 0 aliphatic carbocycles. The summed E-state index contributed by atoms with van der Waals surface area (Å²) >= 11 is 0. The third-order valence-corrected chi connectivity index (χ3v) is 10.8. The number of aliphatic hydroxyl groups excluding tert-OH is 4. The normalized spacial score (nSPS) is 20.4. The van der Waals surface area contributed by atoms with Gasteiger partial charge >= 0.3 is 11.9 Å². The van der Waals surface area contributed by atoms with E-state index in [1.54, 1.807) is 0 Å². The monoisotopic (exact) mass is 811 g/mol. The summed E-state index contributed by atoms with van der Waals surface area (Å²) in [6.07, 6.45) is 34.7. The third kappa shape index (κ3) is 30.0. The van der Waals surface area contributed by atoms with Gasteiger partial charge in [0.2, 0.25) is 0 Å². The maximum absolute atomic E-state index is 12.8. The third-order valence-electron chi connectivity index (χ3n) is 10.8. The van der Waals surface area contributed by atoms with Crippen molar-refractivity contribution < 1.29 is 49.0 Å². The van der Waals surface area contributed by atoms with Crippen molar-refractivity contribution >= 4 is 11.9 Å². The maximum atomic E-state index is 12.8. The van der Waals surface area contributed by atoms with E-state index < -0.39 is 49.4 Å². The van der Waals surface area contributed by atoms with Crippen LogP contribution in [0.5, 0.6) is 0 Å². The molecule has 0 radical (unpaired) electrons. The van der Waals surface area contributed by atoms with Crippen molar-refractivity contribution in [3.63, 3.8) is 0 Å². The first kappa shape index (κ1) is 53.2. The summed E-state index contributed by atoms with van der Waals surface area (Å²) in [5.41, 5.74) is 0. The molecule has 6 atom stereocenters. The lowest BCUT2D eigenvalue weighted by Crippen LogP contribution is -2.59. The number of ether oxygens (including phenoxy) is 4. The first-order valence-corrected chi connectivity index (χ1v) is 23.4.